The lowest BCUT2D eigenvalue weighted by Crippen LogP contribution is -2.41. The molecule has 1 aliphatic carbocycles. The monoisotopic (exact) mass is 331 g/mol. The lowest BCUT2D eigenvalue weighted by molar-refractivity contribution is -0.143. The second kappa shape index (κ2) is 9.45. The smallest absolute Gasteiger partial charge is 0.307 e. The summed E-state index contributed by atoms with van der Waals surface area (Å²) in [6, 6.07) is 7.92. The van der Waals surface area contributed by atoms with Crippen LogP contribution in [0, 0.1) is 6.92 Å². The van der Waals surface area contributed by atoms with E-state index >= 15 is 0 Å². The van der Waals surface area contributed by atoms with Crippen molar-refractivity contribution < 1.29 is 14.3 Å². The van der Waals surface area contributed by atoms with Crippen LogP contribution in [0.1, 0.15) is 67.8 Å². The van der Waals surface area contributed by atoms with Gasteiger partial charge in [0.1, 0.15) is 0 Å². The van der Waals surface area contributed by atoms with Crippen LogP contribution in [0.3, 0.4) is 0 Å². The third kappa shape index (κ3) is 5.08. The van der Waals surface area contributed by atoms with Crippen LogP contribution in [-0.2, 0) is 9.53 Å². The zero-order chi connectivity index (χ0) is 17.4. The first-order valence-corrected chi connectivity index (χ1v) is 9.15. The SMILES string of the molecule is CCOC(=O)CCN(C(=O)c1ccccc1C)C1CCCCCC1. The van der Waals surface area contributed by atoms with Gasteiger partial charge < -0.3 is 9.64 Å². The summed E-state index contributed by atoms with van der Waals surface area (Å²) < 4.78 is 5.04. The molecule has 2 rings (SSSR count). The number of benzene rings is 1. The maximum Gasteiger partial charge on any atom is 0.307 e. The Morgan fingerprint density at radius 2 is 1.79 bits per heavy atom. The first-order chi connectivity index (χ1) is 11.6. The first-order valence-electron chi connectivity index (χ1n) is 9.15. The van der Waals surface area contributed by atoms with Gasteiger partial charge in [0, 0.05) is 18.2 Å². The van der Waals surface area contributed by atoms with Crippen molar-refractivity contribution in [2.75, 3.05) is 13.2 Å². The van der Waals surface area contributed by atoms with Gasteiger partial charge in [-0.05, 0) is 38.3 Å². The van der Waals surface area contributed by atoms with E-state index < -0.39 is 0 Å². The second-order valence-corrected chi connectivity index (χ2v) is 6.51. The van der Waals surface area contributed by atoms with E-state index in [1.165, 1.54) is 12.8 Å². The molecule has 4 nitrogen and oxygen atoms in total. The van der Waals surface area contributed by atoms with Gasteiger partial charge in [-0.3, -0.25) is 9.59 Å². The number of hydrogen-bond donors (Lipinski definition) is 0. The molecule has 0 aliphatic heterocycles. The molecule has 24 heavy (non-hydrogen) atoms. The summed E-state index contributed by atoms with van der Waals surface area (Å²) in [6.45, 7) is 4.59. The summed E-state index contributed by atoms with van der Waals surface area (Å²) in [7, 11) is 0. The molecule has 1 aromatic rings. The van der Waals surface area contributed by atoms with Crippen LogP contribution in [0.2, 0.25) is 0 Å². The molecule has 1 aromatic carbocycles. The van der Waals surface area contributed by atoms with Crippen molar-refractivity contribution in [2.24, 2.45) is 0 Å². The number of hydrogen-bond acceptors (Lipinski definition) is 3. The molecule has 0 aromatic heterocycles. The van der Waals surface area contributed by atoms with Crippen molar-refractivity contribution in [3.05, 3.63) is 35.4 Å². The molecule has 1 aliphatic rings. The highest BCUT2D eigenvalue weighted by atomic mass is 16.5. The van der Waals surface area contributed by atoms with Crippen LogP contribution in [-0.4, -0.2) is 36.0 Å². The van der Waals surface area contributed by atoms with E-state index in [2.05, 4.69) is 0 Å². The van der Waals surface area contributed by atoms with Crippen molar-refractivity contribution in [3.63, 3.8) is 0 Å². The molecule has 0 saturated heterocycles. The summed E-state index contributed by atoms with van der Waals surface area (Å²) in [5, 5.41) is 0. The molecule has 0 N–H and O–H groups in total. The molecule has 0 atom stereocenters. The third-order valence-electron chi connectivity index (χ3n) is 4.76. The van der Waals surface area contributed by atoms with E-state index in [1.54, 1.807) is 6.92 Å². The summed E-state index contributed by atoms with van der Waals surface area (Å²) in [6.07, 6.45) is 7.10. The number of carbonyl (C=O) groups excluding carboxylic acids is 2. The summed E-state index contributed by atoms with van der Waals surface area (Å²) in [5.74, 6) is -0.182. The highest BCUT2D eigenvalue weighted by Gasteiger charge is 2.26. The maximum atomic E-state index is 13.1. The van der Waals surface area contributed by atoms with Crippen molar-refractivity contribution >= 4 is 11.9 Å². The zero-order valence-corrected chi connectivity index (χ0v) is 14.9. The minimum absolute atomic E-state index is 0.0456. The largest absolute Gasteiger partial charge is 0.466 e. The highest BCUT2D eigenvalue weighted by Crippen LogP contribution is 2.24. The highest BCUT2D eigenvalue weighted by molar-refractivity contribution is 5.96. The van der Waals surface area contributed by atoms with Gasteiger partial charge in [0.2, 0.25) is 0 Å². The van der Waals surface area contributed by atoms with E-state index in [-0.39, 0.29) is 24.3 Å². The molecule has 4 heteroatoms. The first kappa shape index (κ1) is 18.5. The Balaban J connectivity index is 2.15. The summed E-state index contributed by atoms with van der Waals surface area (Å²) in [5.41, 5.74) is 1.72. The average Bonchev–Trinajstić information content (AvgIpc) is 2.85. The number of rotatable bonds is 6. The Bertz CT molecular complexity index is 548. The molecular formula is C20H29NO3. The van der Waals surface area contributed by atoms with Crippen LogP contribution in [0.4, 0.5) is 0 Å². The number of nitrogens with zero attached hydrogens (tertiary/aromatic N) is 1. The maximum absolute atomic E-state index is 13.1. The molecule has 1 amide bonds. The number of carbonyl (C=O) groups is 2. The molecule has 0 radical (unpaired) electrons. The van der Waals surface area contributed by atoms with Gasteiger partial charge in [0.25, 0.3) is 5.91 Å². The van der Waals surface area contributed by atoms with Crippen molar-refractivity contribution in [2.45, 2.75) is 64.8 Å². The number of ether oxygens (including phenoxy) is 1. The van der Waals surface area contributed by atoms with Crippen LogP contribution < -0.4 is 0 Å². The van der Waals surface area contributed by atoms with Crippen LogP contribution >= 0.6 is 0 Å². The Morgan fingerprint density at radius 3 is 2.42 bits per heavy atom. The summed E-state index contributed by atoms with van der Waals surface area (Å²) in [4.78, 5) is 26.8. The fraction of sp³-hybridized carbons (Fsp3) is 0.600. The Morgan fingerprint density at radius 1 is 1.12 bits per heavy atom. The molecule has 1 saturated carbocycles. The second-order valence-electron chi connectivity index (χ2n) is 6.51. The number of aryl methyl sites for hydroxylation is 1. The van der Waals surface area contributed by atoms with Crippen molar-refractivity contribution in [3.8, 4) is 0 Å². The Hall–Kier alpha value is -1.84. The van der Waals surface area contributed by atoms with Gasteiger partial charge in [-0.2, -0.15) is 0 Å². The average molecular weight is 331 g/mol. The Labute approximate surface area is 145 Å². The van der Waals surface area contributed by atoms with E-state index in [4.69, 9.17) is 4.74 Å². The molecule has 0 bridgehead atoms. The normalized spacial score (nSPS) is 15.6. The van der Waals surface area contributed by atoms with Gasteiger partial charge in [-0.1, -0.05) is 43.9 Å². The predicted octanol–water partition coefficient (Wildman–Crippen LogP) is 4.11. The third-order valence-corrected chi connectivity index (χ3v) is 4.76. The quantitative estimate of drug-likeness (QED) is 0.582. The molecule has 1 fully saturated rings. The van der Waals surface area contributed by atoms with E-state index in [0.717, 1.165) is 36.8 Å². The van der Waals surface area contributed by atoms with Gasteiger partial charge in [-0.15, -0.1) is 0 Å². The van der Waals surface area contributed by atoms with Crippen LogP contribution in [0.15, 0.2) is 24.3 Å². The van der Waals surface area contributed by atoms with Gasteiger partial charge in [0.15, 0.2) is 0 Å². The lowest BCUT2D eigenvalue weighted by Gasteiger charge is -2.31. The van der Waals surface area contributed by atoms with Gasteiger partial charge in [0.05, 0.1) is 13.0 Å². The van der Waals surface area contributed by atoms with Crippen molar-refractivity contribution in [1.29, 1.82) is 0 Å². The standard InChI is InChI=1S/C20H29NO3/c1-3-24-19(22)14-15-21(17-11-6-4-5-7-12-17)20(23)18-13-9-8-10-16(18)2/h8-10,13,17H,3-7,11-12,14-15H2,1-2H3. The van der Waals surface area contributed by atoms with Gasteiger partial charge in [-0.25, -0.2) is 0 Å². The molecule has 0 heterocycles. The topological polar surface area (TPSA) is 46.6 Å². The minimum Gasteiger partial charge on any atom is -0.466 e. The fourth-order valence-corrected chi connectivity index (χ4v) is 3.43. The minimum atomic E-state index is -0.228. The Kier molecular flexibility index (Phi) is 7.29. The molecule has 0 unspecified atom stereocenters. The summed E-state index contributed by atoms with van der Waals surface area (Å²) >= 11 is 0. The number of amides is 1. The molecule has 0 spiro atoms. The van der Waals surface area contributed by atoms with Gasteiger partial charge >= 0.3 is 5.97 Å². The fourth-order valence-electron chi connectivity index (χ4n) is 3.43. The van der Waals surface area contributed by atoms with E-state index in [0.29, 0.717) is 13.2 Å². The molecule has 132 valence electrons. The van der Waals surface area contributed by atoms with Crippen LogP contribution in [0.5, 0.6) is 0 Å². The van der Waals surface area contributed by atoms with E-state index in [1.807, 2.05) is 36.1 Å². The number of esters is 1. The van der Waals surface area contributed by atoms with E-state index in [9.17, 15) is 9.59 Å². The lowest BCUT2D eigenvalue weighted by atomic mass is 10.0. The van der Waals surface area contributed by atoms with Crippen molar-refractivity contribution in [1.82, 2.24) is 4.90 Å². The predicted molar refractivity (Wildman–Crippen MR) is 95.0 cm³/mol. The molecular weight excluding hydrogens is 302 g/mol. The van der Waals surface area contributed by atoms with Crippen LogP contribution in [0.25, 0.3) is 0 Å². The zero-order valence-electron chi connectivity index (χ0n) is 14.9.